The van der Waals surface area contributed by atoms with Crippen LogP contribution in [-0.4, -0.2) is 17.6 Å². The van der Waals surface area contributed by atoms with Gasteiger partial charge >= 0.3 is 0 Å². The van der Waals surface area contributed by atoms with Crippen LogP contribution >= 0.6 is 11.6 Å². The van der Waals surface area contributed by atoms with Gasteiger partial charge in [0.2, 0.25) is 0 Å². The van der Waals surface area contributed by atoms with Crippen LogP contribution in [0.3, 0.4) is 0 Å². The zero-order chi connectivity index (χ0) is 24.7. The first-order valence-corrected chi connectivity index (χ1v) is 11.1. The fraction of sp³-hybridized carbons (Fsp3) is 0.185. The lowest BCUT2D eigenvalue weighted by molar-refractivity contribution is -0.112. The number of nitriles is 1. The second kappa shape index (κ2) is 11.3. The van der Waals surface area contributed by atoms with E-state index in [-0.39, 0.29) is 11.3 Å². The number of aromatic hydroxyl groups is 1. The minimum absolute atomic E-state index is 0.0759. The SMILES string of the molecule is CCOc1cc(/C=C(\C#N)C(=O)Nc2ccc(O)cc2)cc(Cl)c1OCc1cc(C)cc(C)c1. The van der Waals surface area contributed by atoms with Crippen LogP contribution in [0.15, 0.2) is 60.2 Å². The summed E-state index contributed by atoms with van der Waals surface area (Å²) in [6.07, 6.45) is 1.43. The number of phenolic OH excluding ortho intramolecular Hbond substituents is 1. The highest BCUT2D eigenvalue weighted by atomic mass is 35.5. The second-order valence-corrected chi connectivity index (χ2v) is 8.13. The summed E-state index contributed by atoms with van der Waals surface area (Å²) in [4.78, 5) is 12.6. The van der Waals surface area contributed by atoms with Crippen molar-refractivity contribution in [1.82, 2.24) is 0 Å². The van der Waals surface area contributed by atoms with Gasteiger partial charge in [0.05, 0.1) is 11.6 Å². The minimum Gasteiger partial charge on any atom is -0.508 e. The number of phenols is 1. The number of nitrogens with zero attached hydrogens (tertiary/aromatic N) is 1. The predicted octanol–water partition coefficient (Wildman–Crippen LogP) is 6.19. The van der Waals surface area contributed by atoms with Crippen molar-refractivity contribution in [2.24, 2.45) is 0 Å². The van der Waals surface area contributed by atoms with Gasteiger partial charge in [-0.25, -0.2) is 0 Å². The molecule has 0 saturated carbocycles. The summed E-state index contributed by atoms with van der Waals surface area (Å²) in [5.74, 6) is 0.304. The first kappa shape index (κ1) is 24.7. The van der Waals surface area contributed by atoms with E-state index in [1.54, 1.807) is 12.1 Å². The average molecular weight is 477 g/mol. The van der Waals surface area contributed by atoms with E-state index in [1.165, 1.54) is 30.3 Å². The molecule has 3 aromatic carbocycles. The minimum atomic E-state index is -0.586. The van der Waals surface area contributed by atoms with Crippen molar-refractivity contribution < 1.29 is 19.4 Å². The maximum Gasteiger partial charge on any atom is 0.266 e. The molecule has 0 atom stereocenters. The molecule has 34 heavy (non-hydrogen) atoms. The van der Waals surface area contributed by atoms with E-state index < -0.39 is 5.91 Å². The predicted molar refractivity (Wildman–Crippen MR) is 133 cm³/mol. The van der Waals surface area contributed by atoms with Crippen LogP contribution in [0, 0.1) is 25.2 Å². The third-order valence-corrected chi connectivity index (χ3v) is 5.08. The highest BCUT2D eigenvalue weighted by molar-refractivity contribution is 6.32. The number of rotatable bonds is 8. The van der Waals surface area contributed by atoms with Gasteiger partial charge < -0.3 is 19.9 Å². The molecule has 7 heteroatoms. The van der Waals surface area contributed by atoms with Crippen molar-refractivity contribution in [2.75, 3.05) is 11.9 Å². The van der Waals surface area contributed by atoms with Crippen molar-refractivity contribution in [3.63, 3.8) is 0 Å². The Morgan fingerprint density at radius 2 is 1.76 bits per heavy atom. The standard InChI is InChI=1S/C27H25ClN2O4/c1-4-33-25-14-19(12-21(15-29)27(32)30-22-5-7-23(31)8-6-22)13-24(28)26(25)34-16-20-10-17(2)9-18(3)11-20/h5-14,31H,4,16H2,1-3H3,(H,30,32)/b21-12+. The van der Waals surface area contributed by atoms with Crippen LogP contribution in [-0.2, 0) is 11.4 Å². The van der Waals surface area contributed by atoms with Crippen molar-refractivity contribution in [3.05, 3.63) is 87.4 Å². The van der Waals surface area contributed by atoms with Crippen molar-refractivity contribution in [2.45, 2.75) is 27.4 Å². The molecule has 1 amide bonds. The summed E-state index contributed by atoms with van der Waals surface area (Å²) >= 11 is 6.51. The van der Waals surface area contributed by atoms with Crippen LogP contribution in [0.2, 0.25) is 5.02 Å². The molecule has 6 nitrogen and oxygen atoms in total. The molecule has 0 fully saturated rings. The number of benzene rings is 3. The Balaban J connectivity index is 1.85. The van der Waals surface area contributed by atoms with Crippen molar-refractivity contribution in [1.29, 1.82) is 5.26 Å². The molecule has 0 unspecified atom stereocenters. The summed E-state index contributed by atoms with van der Waals surface area (Å²) in [6, 6.07) is 17.3. The van der Waals surface area contributed by atoms with E-state index in [0.717, 1.165) is 16.7 Å². The summed E-state index contributed by atoms with van der Waals surface area (Å²) in [6.45, 7) is 6.60. The number of ether oxygens (including phenoxy) is 2. The highest BCUT2D eigenvalue weighted by Crippen LogP contribution is 2.38. The van der Waals surface area contributed by atoms with Gasteiger partial charge in [0, 0.05) is 5.69 Å². The van der Waals surface area contributed by atoms with E-state index in [2.05, 4.69) is 11.4 Å². The van der Waals surface area contributed by atoms with Crippen LogP contribution in [0.25, 0.3) is 6.08 Å². The number of carbonyl (C=O) groups is 1. The maximum atomic E-state index is 12.6. The summed E-state index contributed by atoms with van der Waals surface area (Å²) < 4.78 is 11.7. The molecular weight excluding hydrogens is 452 g/mol. The van der Waals surface area contributed by atoms with Gasteiger partial charge in [0.15, 0.2) is 11.5 Å². The summed E-state index contributed by atoms with van der Waals surface area (Å²) in [5, 5.41) is 21.8. The van der Waals surface area contributed by atoms with Gasteiger partial charge in [-0.2, -0.15) is 5.26 Å². The molecule has 0 aliphatic carbocycles. The lowest BCUT2D eigenvalue weighted by atomic mass is 10.1. The fourth-order valence-electron chi connectivity index (χ4n) is 3.44. The number of anilines is 1. The highest BCUT2D eigenvalue weighted by Gasteiger charge is 2.15. The molecule has 174 valence electrons. The quantitative estimate of drug-likeness (QED) is 0.230. The van der Waals surface area contributed by atoms with Crippen molar-refractivity contribution >= 4 is 29.3 Å². The molecule has 0 aliphatic rings. The van der Waals surface area contributed by atoms with E-state index in [0.29, 0.717) is 41.0 Å². The third kappa shape index (κ3) is 6.53. The van der Waals surface area contributed by atoms with E-state index in [9.17, 15) is 15.2 Å². The fourth-order valence-corrected chi connectivity index (χ4v) is 3.71. The molecule has 3 rings (SSSR count). The maximum absolute atomic E-state index is 12.6. The summed E-state index contributed by atoms with van der Waals surface area (Å²) in [7, 11) is 0. The van der Waals surface area contributed by atoms with Gasteiger partial charge in [0.1, 0.15) is 24.0 Å². The van der Waals surface area contributed by atoms with Gasteiger partial charge in [-0.15, -0.1) is 0 Å². The molecule has 0 saturated heterocycles. The smallest absolute Gasteiger partial charge is 0.266 e. The van der Waals surface area contributed by atoms with Crippen LogP contribution in [0.4, 0.5) is 5.69 Å². The van der Waals surface area contributed by atoms with Gasteiger partial charge in [-0.3, -0.25) is 4.79 Å². The lowest BCUT2D eigenvalue weighted by Gasteiger charge is -2.15. The zero-order valence-electron chi connectivity index (χ0n) is 19.2. The number of halogens is 1. The zero-order valence-corrected chi connectivity index (χ0v) is 19.9. The van der Waals surface area contributed by atoms with Gasteiger partial charge in [0.25, 0.3) is 5.91 Å². The number of hydrogen-bond donors (Lipinski definition) is 2. The number of carbonyl (C=O) groups excluding carboxylic acids is 1. The topological polar surface area (TPSA) is 91.6 Å². The number of nitrogens with one attached hydrogen (secondary N) is 1. The molecule has 0 radical (unpaired) electrons. The van der Waals surface area contributed by atoms with Crippen LogP contribution in [0.5, 0.6) is 17.2 Å². The number of aryl methyl sites for hydroxylation is 2. The Hall–Kier alpha value is -3.95. The molecule has 3 aromatic rings. The average Bonchev–Trinajstić information content (AvgIpc) is 2.78. The monoisotopic (exact) mass is 476 g/mol. The Kier molecular flexibility index (Phi) is 8.18. The van der Waals surface area contributed by atoms with E-state index >= 15 is 0 Å². The van der Waals surface area contributed by atoms with Crippen LogP contribution < -0.4 is 14.8 Å². The van der Waals surface area contributed by atoms with Gasteiger partial charge in [-0.1, -0.05) is 40.9 Å². The molecule has 2 N–H and O–H groups in total. The Morgan fingerprint density at radius 3 is 2.38 bits per heavy atom. The third-order valence-electron chi connectivity index (χ3n) is 4.80. The molecule has 0 spiro atoms. The molecule has 0 aromatic heterocycles. The molecule has 0 bridgehead atoms. The van der Waals surface area contributed by atoms with E-state index in [4.69, 9.17) is 21.1 Å². The first-order chi connectivity index (χ1) is 16.3. The second-order valence-electron chi connectivity index (χ2n) is 7.72. The van der Waals surface area contributed by atoms with Crippen LogP contribution in [0.1, 0.15) is 29.2 Å². The molecule has 0 aliphatic heterocycles. The first-order valence-electron chi connectivity index (χ1n) is 10.7. The Morgan fingerprint density at radius 1 is 1.09 bits per heavy atom. The Bertz CT molecular complexity index is 1240. The largest absolute Gasteiger partial charge is 0.508 e. The van der Waals surface area contributed by atoms with Gasteiger partial charge in [-0.05, 0) is 74.4 Å². The normalized spacial score (nSPS) is 11.0. The molecular formula is C27H25ClN2O4. The number of amides is 1. The van der Waals surface area contributed by atoms with E-state index in [1.807, 2.05) is 39.0 Å². The number of hydrogen-bond acceptors (Lipinski definition) is 5. The summed E-state index contributed by atoms with van der Waals surface area (Å²) in [5.41, 5.74) is 4.15. The lowest BCUT2D eigenvalue weighted by Crippen LogP contribution is -2.13. The molecule has 0 heterocycles. The Labute approximate surface area is 204 Å². The van der Waals surface area contributed by atoms with Crippen molar-refractivity contribution in [3.8, 4) is 23.3 Å².